The number of carbonyl (C=O) groups excluding carboxylic acids is 4. The van der Waals surface area contributed by atoms with Gasteiger partial charge < -0.3 is 17.7 Å². The van der Waals surface area contributed by atoms with Crippen LogP contribution in [-0.4, -0.2) is 32.9 Å². The van der Waals surface area contributed by atoms with E-state index in [1.54, 1.807) is 0 Å². The highest BCUT2D eigenvalue weighted by Gasteiger charge is 2.61. The molecule has 0 heterocycles. The van der Waals surface area contributed by atoms with E-state index in [-0.39, 0.29) is 0 Å². The topological polar surface area (TPSA) is 105 Å². The normalized spacial score (nSPS) is 10.1. The van der Waals surface area contributed by atoms with Gasteiger partial charge in [-0.05, 0) is 0 Å². The Kier molecular flexibility index (Phi) is 5.32. The van der Waals surface area contributed by atoms with Crippen LogP contribution < -0.4 is 0 Å². The average Bonchev–Trinajstić information content (AvgIpc) is 1.95. The monoisotopic (exact) mass is 264 g/mol. The van der Waals surface area contributed by atoms with Gasteiger partial charge in [0.15, 0.2) is 0 Å². The molecule has 0 aromatic heterocycles. The van der Waals surface area contributed by atoms with Crippen LogP contribution in [0.3, 0.4) is 0 Å². The molecular formula is C8H12O8Si. The molecule has 0 saturated carbocycles. The van der Waals surface area contributed by atoms with Crippen LogP contribution in [0.15, 0.2) is 0 Å². The van der Waals surface area contributed by atoms with Gasteiger partial charge in [0.2, 0.25) is 0 Å². The zero-order chi connectivity index (χ0) is 13.6. The van der Waals surface area contributed by atoms with Crippen molar-refractivity contribution in [1.29, 1.82) is 0 Å². The lowest BCUT2D eigenvalue weighted by molar-refractivity contribution is -0.160. The molecule has 0 bridgehead atoms. The second-order valence-corrected chi connectivity index (χ2v) is 4.69. The van der Waals surface area contributed by atoms with Gasteiger partial charge in [0, 0.05) is 27.7 Å². The highest BCUT2D eigenvalue weighted by atomic mass is 28.4. The van der Waals surface area contributed by atoms with Crippen molar-refractivity contribution in [3.05, 3.63) is 0 Å². The molecule has 0 rings (SSSR count). The van der Waals surface area contributed by atoms with Crippen LogP contribution in [0.1, 0.15) is 27.7 Å². The van der Waals surface area contributed by atoms with E-state index < -0.39 is 32.9 Å². The third-order valence-electron chi connectivity index (χ3n) is 1.07. The summed E-state index contributed by atoms with van der Waals surface area (Å²) in [5.41, 5.74) is 0. The van der Waals surface area contributed by atoms with Gasteiger partial charge in [-0.3, -0.25) is 19.2 Å². The van der Waals surface area contributed by atoms with Crippen LogP contribution in [0.5, 0.6) is 0 Å². The minimum Gasteiger partial charge on any atom is -0.423 e. The highest BCUT2D eigenvalue weighted by Crippen LogP contribution is 2.13. The minimum atomic E-state index is -4.45. The first-order chi connectivity index (χ1) is 7.67. The number of hydrogen-bond acceptors (Lipinski definition) is 8. The lowest BCUT2D eigenvalue weighted by Crippen LogP contribution is -2.53. The van der Waals surface area contributed by atoms with E-state index in [1.165, 1.54) is 0 Å². The molecular weight excluding hydrogens is 252 g/mol. The highest BCUT2D eigenvalue weighted by molar-refractivity contribution is 6.60. The first kappa shape index (κ1) is 15.1. The predicted molar refractivity (Wildman–Crippen MR) is 52.8 cm³/mol. The zero-order valence-electron chi connectivity index (χ0n) is 9.77. The summed E-state index contributed by atoms with van der Waals surface area (Å²) in [6, 6.07) is 0. The Bertz CT molecular complexity index is 280. The largest absolute Gasteiger partial charge is 0.974 e. The molecule has 8 nitrogen and oxygen atoms in total. The molecule has 96 valence electrons. The van der Waals surface area contributed by atoms with Crippen molar-refractivity contribution < 1.29 is 36.9 Å². The Hall–Kier alpha value is -1.90. The van der Waals surface area contributed by atoms with Gasteiger partial charge in [-0.15, -0.1) is 0 Å². The van der Waals surface area contributed by atoms with Crippen LogP contribution in [0.25, 0.3) is 0 Å². The van der Waals surface area contributed by atoms with Crippen molar-refractivity contribution in [1.82, 2.24) is 0 Å². The summed E-state index contributed by atoms with van der Waals surface area (Å²) in [5, 5.41) is 0. The van der Waals surface area contributed by atoms with Crippen LogP contribution >= 0.6 is 0 Å². The summed E-state index contributed by atoms with van der Waals surface area (Å²) in [6.45, 7) is 3.94. The van der Waals surface area contributed by atoms with Crippen molar-refractivity contribution in [3.63, 3.8) is 0 Å². The fourth-order valence-electron chi connectivity index (χ4n) is 0.829. The molecule has 9 heteroatoms. The van der Waals surface area contributed by atoms with Crippen molar-refractivity contribution >= 4 is 32.9 Å². The van der Waals surface area contributed by atoms with Gasteiger partial charge in [-0.25, -0.2) is 0 Å². The van der Waals surface area contributed by atoms with Crippen LogP contribution in [-0.2, 0) is 36.9 Å². The SMILES string of the molecule is CC(=O)O[Si](OC(C)=O)(OC(C)=O)OC(C)=O. The molecule has 0 aromatic carbocycles. The molecule has 0 aromatic rings. The van der Waals surface area contributed by atoms with E-state index in [1.807, 2.05) is 0 Å². The van der Waals surface area contributed by atoms with Crippen molar-refractivity contribution in [2.75, 3.05) is 0 Å². The maximum Gasteiger partial charge on any atom is 0.974 e. The third kappa shape index (κ3) is 6.30. The van der Waals surface area contributed by atoms with E-state index >= 15 is 0 Å². The summed E-state index contributed by atoms with van der Waals surface area (Å²) in [6.07, 6.45) is 0. The lowest BCUT2D eigenvalue weighted by atomic mass is 10.8. The Labute approximate surface area is 98.3 Å². The van der Waals surface area contributed by atoms with Gasteiger partial charge in [0.05, 0.1) is 0 Å². The standard InChI is InChI=1S/C8H12O8Si/c1-5(9)13-17(14-6(2)10,15-7(3)11)16-8(4)12/h1-4H3. The van der Waals surface area contributed by atoms with Gasteiger partial charge in [-0.2, -0.15) is 0 Å². The minimum absolute atomic E-state index is 0.916. The quantitative estimate of drug-likeness (QED) is 0.636. The van der Waals surface area contributed by atoms with E-state index in [4.69, 9.17) is 0 Å². The Morgan fingerprint density at radius 1 is 0.588 bits per heavy atom. The Morgan fingerprint density at radius 3 is 0.882 bits per heavy atom. The van der Waals surface area contributed by atoms with Crippen LogP contribution in [0.4, 0.5) is 0 Å². The maximum atomic E-state index is 10.8. The fraction of sp³-hybridized carbons (Fsp3) is 0.500. The van der Waals surface area contributed by atoms with Crippen molar-refractivity contribution in [2.45, 2.75) is 27.7 Å². The molecule has 0 atom stereocenters. The molecule has 17 heavy (non-hydrogen) atoms. The molecule has 0 N–H and O–H groups in total. The molecule has 0 aliphatic heterocycles. The summed E-state index contributed by atoms with van der Waals surface area (Å²) < 4.78 is 18.2. The van der Waals surface area contributed by atoms with Gasteiger partial charge in [-0.1, -0.05) is 0 Å². The second-order valence-electron chi connectivity index (χ2n) is 2.87. The Balaban J connectivity index is 5.16. The summed E-state index contributed by atoms with van der Waals surface area (Å²) in [4.78, 5) is 43.4. The van der Waals surface area contributed by atoms with Crippen molar-refractivity contribution in [2.24, 2.45) is 0 Å². The van der Waals surface area contributed by atoms with Gasteiger partial charge in [0.25, 0.3) is 23.9 Å². The molecule has 0 spiro atoms. The van der Waals surface area contributed by atoms with Gasteiger partial charge in [0.1, 0.15) is 0 Å². The van der Waals surface area contributed by atoms with Crippen LogP contribution in [0, 0.1) is 0 Å². The summed E-state index contributed by atoms with van der Waals surface area (Å²) in [7, 11) is -4.45. The third-order valence-corrected chi connectivity index (χ3v) is 3.22. The smallest absolute Gasteiger partial charge is 0.423 e. The molecule has 0 aliphatic rings. The van der Waals surface area contributed by atoms with Gasteiger partial charge >= 0.3 is 9.05 Å². The van der Waals surface area contributed by atoms with E-state index in [9.17, 15) is 19.2 Å². The second kappa shape index (κ2) is 5.99. The molecule has 0 saturated heterocycles. The molecule has 0 amide bonds. The molecule has 0 fully saturated rings. The molecule has 0 aliphatic carbocycles. The summed E-state index contributed by atoms with van der Waals surface area (Å²) >= 11 is 0. The van der Waals surface area contributed by atoms with E-state index in [0.29, 0.717) is 0 Å². The maximum absolute atomic E-state index is 10.8. The number of rotatable bonds is 4. The van der Waals surface area contributed by atoms with E-state index in [2.05, 4.69) is 17.7 Å². The fourth-order valence-corrected chi connectivity index (χ4v) is 2.49. The molecule has 0 unspecified atom stereocenters. The van der Waals surface area contributed by atoms with Crippen molar-refractivity contribution in [3.8, 4) is 0 Å². The predicted octanol–water partition coefficient (Wildman–Crippen LogP) is -0.326. The first-order valence-corrected chi connectivity index (χ1v) is 6.08. The van der Waals surface area contributed by atoms with E-state index in [0.717, 1.165) is 27.7 Å². The number of carbonyl (C=O) groups is 4. The summed E-state index contributed by atoms with van der Waals surface area (Å²) in [5.74, 6) is -3.67. The average molecular weight is 264 g/mol. The van der Waals surface area contributed by atoms with Crippen LogP contribution in [0.2, 0.25) is 0 Å². The first-order valence-electron chi connectivity index (χ1n) is 4.45. The zero-order valence-corrected chi connectivity index (χ0v) is 10.8. The Morgan fingerprint density at radius 2 is 0.765 bits per heavy atom. The molecule has 0 radical (unpaired) electrons. The number of hydrogen-bond donors (Lipinski definition) is 0. The lowest BCUT2D eigenvalue weighted by Gasteiger charge is -2.22.